The molecule has 0 aliphatic heterocycles. The number of carboxylic acid groups (broad SMARTS) is 2. The van der Waals surface area contributed by atoms with Crippen LogP contribution in [-0.4, -0.2) is 53.8 Å². The van der Waals surface area contributed by atoms with Gasteiger partial charge in [0.15, 0.2) is 0 Å². The lowest BCUT2D eigenvalue weighted by Gasteiger charge is -2.31. The molecule has 2 N–H and O–H groups in total. The fraction of sp³-hybridized carbons (Fsp3) is 0.600. The van der Waals surface area contributed by atoms with Gasteiger partial charge in [0.1, 0.15) is 11.9 Å². The van der Waals surface area contributed by atoms with Crippen LogP contribution in [0.15, 0.2) is 24.3 Å². The van der Waals surface area contributed by atoms with Crippen molar-refractivity contribution in [1.82, 2.24) is 4.90 Å². The summed E-state index contributed by atoms with van der Waals surface area (Å²) in [5.74, 6) is -2.61. The molecule has 1 atom stereocenters. The van der Waals surface area contributed by atoms with E-state index in [0.29, 0.717) is 11.7 Å². The summed E-state index contributed by atoms with van der Waals surface area (Å²) in [5.41, 5.74) is -0.632. The average Bonchev–Trinajstić information content (AvgIpc) is 2.65. The van der Waals surface area contributed by atoms with Gasteiger partial charge in [0, 0.05) is 6.54 Å². The highest BCUT2D eigenvalue weighted by atomic mass is 19.4. The first-order chi connectivity index (χ1) is 13.5. The van der Waals surface area contributed by atoms with Crippen molar-refractivity contribution in [2.24, 2.45) is 5.92 Å². The molecule has 0 aromatic heterocycles. The third kappa shape index (κ3) is 9.65. The molecule has 1 aromatic rings. The number of aliphatic carboxylic acids is 2. The molecule has 2 rings (SSSR count). The maximum absolute atomic E-state index is 12.6. The Bertz CT molecular complexity index is 629. The van der Waals surface area contributed by atoms with Crippen molar-refractivity contribution in [3.05, 3.63) is 29.8 Å². The van der Waals surface area contributed by atoms with Crippen molar-refractivity contribution in [2.75, 3.05) is 20.6 Å². The predicted octanol–water partition coefficient (Wildman–Crippen LogP) is 4.14. The number of carbonyl (C=O) groups is 2. The molecule has 9 heteroatoms. The van der Waals surface area contributed by atoms with Crippen LogP contribution in [-0.2, 0) is 15.8 Å². The molecule has 1 unspecified atom stereocenters. The van der Waals surface area contributed by atoms with Gasteiger partial charge in [-0.05, 0) is 63.5 Å². The van der Waals surface area contributed by atoms with Crippen LogP contribution in [0.2, 0.25) is 0 Å². The summed E-state index contributed by atoms with van der Waals surface area (Å²) in [6.07, 6.45) is 2.70. The van der Waals surface area contributed by atoms with Gasteiger partial charge in [0.25, 0.3) is 0 Å². The van der Waals surface area contributed by atoms with Crippen molar-refractivity contribution >= 4 is 11.9 Å². The summed E-state index contributed by atoms with van der Waals surface area (Å²) in [7, 11) is 4.05. The monoisotopic (exact) mass is 419 g/mol. The van der Waals surface area contributed by atoms with E-state index in [2.05, 4.69) is 4.90 Å². The minimum atomic E-state index is -4.30. The number of hydrogen-bond donors (Lipinski definition) is 2. The topological polar surface area (TPSA) is 87.1 Å². The number of ether oxygens (including phenoxy) is 1. The highest BCUT2D eigenvalue weighted by molar-refractivity contribution is 6.27. The maximum Gasteiger partial charge on any atom is 0.416 e. The highest BCUT2D eigenvalue weighted by Crippen LogP contribution is 2.33. The van der Waals surface area contributed by atoms with Crippen LogP contribution in [0.3, 0.4) is 0 Å². The van der Waals surface area contributed by atoms with Crippen molar-refractivity contribution in [1.29, 1.82) is 0 Å². The number of alkyl halides is 3. The Hall–Kier alpha value is -2.29. The quantitative estimate of drug-likeness (QED) is 0.674. The molecule has 0 amide bonds. The van der Waals surface area contributed by atoms with Crippen LogP contribution in [0.5, 0.6) is 5.75 Å². The molecule has 1 aliphatic rings. The first kappa shape index (κ1) is 24.7. The summed E-state index contributed by atoms with van der Waals surface area (Å²) < 4.78 is 44.0. The number of carboxylic acids is 2. The van der Waals surface area contributed by atoms with Crippen LogP contribution >= 0.6 is 0 Å². The van der Waals surface area contributed by atoms with Crippen LogP contribution in [0.1, 0.15) is 44.1 Å². The number of benzene rings is 1. The lowest BCUT2D eigenvalue weighted by molar-refractivity contribution is -0.159. The van der Waals surface area contributed by atoms with Gasteiger partial charge in [-0.2, -0.15) is 13.2 Å². The molecule has 29 heavy (non-hydrogen) atoms. The second-order valence-electron chi connectivity index (χ2n) is 7.28. The van der Waals surface area contributed by atoms with E-state index in [1.165, 1.54) is 31.4 Å². The molecule has 164 valence electrons. The van der Waals surface area contributed by atoms with E-state index < -0.39 is 23.7 Å². The molecule has 0 spiro atoms. The van der Waals surface area contributed by atoms with Gasteiger partial charge in [-0.15, -0.1) is 0 Å². The fourth-order valence-electron chi connectivity index (χ4n) is 3.18. The number of halogens is 3. The molecular formula is C20H28F3NO5. The Balaban J connectivity index is 0.000000612. The van der Waals surface area contributed by atoms with Crippen molar-refractivity contribution < 1.29 is 37.7 Å². The SMILES string of the molecule is CN(C)CCC(Oc1ccc(C(F)(F)F)cc1)C1CCCCC1.O=C(O)C(=O)O. The Labute approximate surface area is 168 Å². The molecule has 1 aliphatic carbocycles. The standard InChI is InChI=1S/C18H26F3NO.C2H2O4/c1-22(2)13-12-17(14-6-4-3-5-7-14)23-16-10-8-15(9-11-16)18(19,20)21;3-1(4)2(5)6/h8-11,14,17H,3-7,12-13H2,1-2H3;(H,3,4)(H,5,6). The molecule has 0 saturated heterocycles. The second-order valence-corrected chi connectivity index (χ2v) is 7.28. The zero-order valence-corrected chi connectivity index (χ0v) is 16.6. The molecule has 6 nitrogen and oxygen atoms in total. The van der Waals surface area contributed by atoms with Gasteiger partial charge in [0.05, 0.1) is 5.56 Å². The van der Waals surface area contributed by atoms with Crippen LogP contribution in [0, 0.1) is 5.92 Å². The first-order valence-corrected chi connectivity index (χ1v) is 9.45. The minimum absolute atomic E-state index is 0.0782. The highest BCUT2D eigenvalue weighted by Gasteiger charge is 2.30. The van der Waals surface area contributed by atoms with E-state index in [1.807, 2.05) is 14.1 Å². The van der Waals surface area contributed by atoms with Crippen molar-refractivity contribution in [2.45, 2.75) is 50.8 Å². The molecule has 1 saturated carbocycles. The molecular weight excluding hydrogens is 391 g/mol. The summed E-state index contributed by atoms with van der Waals surface area (Å²) in [6.45, 7) is 0.918. The molecule has 1 fully saturated rings. The molecule has 0 heterocycles. The van der Waals surface area contributed by atoms with Crippen molar-refractivity contribution in [3.63, 3.8) is 0 Å². The molecule has 0 radical (unpaired) electrons. The van der Waals surface area contributed by atoms with E-state index in [0.717, 1.165) is 37.9 Å². The minimum Gasteiger partial charge on any atom is -0.490 e. The lowest BCUT2D eigenvalue weighted by atomic mass is 9.84. The largest absolute Gasteiger partial charge is 0.490 e. The van der Waals surface area contributed by atoms with Gasteiger partial charge >= 0.3 is 18.1 Å². The molecule has 1 aromatic carbocycles. The Kier molecular flexibility index (Phi) is 9.94. The Morgan fingerprint density at radius 3 is 2.00 bits per heavy atom. The van der Waals surface area contributed by atoms with E-state index in [9.17, 15) is 13.2 Å². The number of rotatable bonds is 6. The smallest absolute Gasteiger partial charge is 0.416 e. The van der Waals surface area contributed by atoms with Gasteiger partial charge in [-0.25, -0.2) is 9.59 Å². The van der Waals surface area contributed by atoms with Crippen LogP contribution < -0.4 is 4.74 Å². The predicted molar refractivity (Wildman–Crippen MR) is 101 cm³/mol. The van der Waals surface area contributed by atoms with Gasteiger partial charge in [-0.1, -0.05) is 19.3 Å². The van der Waals surface area contributed by atoms with E-state index in [4.69, 9.17) is 24.5 Å². The zero-order valence-electron chi connectivity index (χ0n) is 16.6. The van der Waals surface area contributed by atoms with Gasteiger partial charge in [0.2, 0.25) is 0 Å². The van der Waals surface area contributed by atoms with Crippen LogP contribution in [0.25, 0.3) is 0 Å². The van der Waals surface area contributed by atoms with Gasteiger partial charge < -0.3 is 19.8 Å². The Morgan fingerprint density at radius 2 is 1.59 bits per heavy atom. The normalized spacial score (nSPS) is 15.9. The third-order valence-corrected chi connectivity index (χ3v) is 4.69. The van der Waals surface area contributed by atoms with E-state index in [1.54, 1.807) is 0 Å². The molecule has 0 bridgehead atoms. The summed E-state index contributed by atoms with van der Waals surface area (Å²) >= 11 is 0. The number of hydrogen-bond acceptors (Lipinski definition) is 4. The second kappa shape index (κ2) is 11.6. The summed E-state index contributed by atoms with van der Waals surface area (Å²) in [5, 5.41) is 14.8. The Morgan fingerprint density at radius 1 is 1.07 bits per heavy atom. The van der Waals surface area contributed by atoms with Gasteiger partial charge in [-0.3, -0.25) is 0 Å². The van der Waals surface area contributed by atoms with Crippen molar-refractivity contribution in [3.8, 4) is 5.75 Å². The van der Waals surface area contributed by atoms with E-state index >= 15 is 0 Å². The zero-order chi connectivity index (χ0) is 22.0. The lowest BCUT2D eigenvalue weighted by Crippen LogP contribution is -2.32. The fourth-order valence-corrected chi connectivity index (χ4v) is 3.18. The maximum atomic E-state index is 12.6. The summed E-state index contributed by atoms with van der Waals surface area (Å²) in [4.78, 5) is 20.3. The third-order valence-electron chi connectivity index (χ3n) is 4.69. The average molecular weight is 419 g/mol. The summed E-state index contributed by atoms with van der Waals surface area (Å²) in [6, 6.07) is 5.07. The van der Waals surface area contributed by atoms with E-state index in [-0.39, 0.29) is 6.10 Å². The first-order valence-electron chi connectivity index (χ1n) is 9.45. The number of nitrogens with zero attached hydrogens (tertiary/aromatic N) is 1. The van der Waals surface area contributed by atoms with Crippen LogP contribution in [0.4, 0.5) is 13.2 Å².